The van der Waals surface area contributed by atoms with Crippen LogP contribution >= 0.6 is 0 Å². The molecule has 0 aliphatic carbocycles. The number of fused-ring (bicyclic) bond motifs is 1. The number of nitrogens with one attached hydrogen (secondary N) is 2. The van der Waals surface area contributed by atoms with E-state index >= 15 is 0 Å². The van der Waals surface area contributed by atoms with Gasteiger partial charge in [0.25, 0.3) is 0 Å². The molecule has 0 atom stereocenters. The Morgan fingerprint density at radius 3 is 2.76 bits per heavy atom. The van der Waals surface area contributed by atoms with Crippen LogP contribution in [0, 0.1) is 0 Å². The van der Waals surface area contributed by atoms with Crippen LogP contribution in [0.3, 0.4) is 0 Å². The maximum atomic E-state index is 5.67. The van der Waals surface area contributed by atoms with Gasteiger partial charge in [-0.05, 0) is 69.3 Å². The molecule has 2 N–H and O–H groups in total. The zero-order valence-electron chi connectivity index (χ0n) is 17.8. The van der Waals surface area contributed by atoms with E-state index < -0.39 is 0 Å². The lowest BCUT2D eigenvalue weighted by molar-refractivity contribution is -0.0139. The van der Waals surface area contributed by atoms with Gasteiger partial charge in [-0.2, -0.15) is 0 Å². The van der Waals surface area contributed by atoms with Crippen LogP contribution in [0.25, 0.3) is 0 Å². The molecular weight excluding hydrogens is 364 g/mol. The topological polar surface area (TPSA) is 58.1 Å². The average Bonchev–Trinajstić information content (AvgIpc) is 3.44. The Morgan fingerprint density at radius 1 is 1.14 bits per heavy atom. The first-order valence-electron chi connectivity index (χ1n) is 11.4. The van der Waals surface area contributed by atoms with E-state index in [4.69, 9.17) is 14.5 Å². The largest absolute Gasteiger partial charge is 0.493 e. The molecule has 6 nitrogen and oxygen atoms in total. The minimum absolute atomic E-state index is 0.178. The van der Waals surface area contributed by atoms with E-state index in [-0.39, 0.29) is 5.54 Å². The molecule has 0 unspecified atom stereocenters. The molecule has 3 aliphatic heterocycles. The molecule has 29 heavy (non-hydrogen) atoms. The van der Waals surface area contributed by atoms with Crippen molar-refractivity contribution < 1.29 is 9.47 Å². The standard InChI is InChI=1S/C23H36N4O2/c1-2-24-22(25-11-7-19-5-6-21-20(17-19)8-14-29-21)26-18-23(9-15-28-16-10-23)27-12-3-4-13-27/h5-6,17H,2-4,7-16,18H2,1H3,(H2,24,25,26). The number of likely N-dealkylation sites (tertiary alicyclic amines) is 1. The maximum Gasteiger partial charge on any atom is 0.191 e. The summed E-state index contributed by atoms with van der Waals surface area (Å²) in [6, 6.07) is 6.58. The fourth-order valence-corrected chi connectivity index (χ4v) is 4.81. The first-order chi connectivity index (χ1) is 14.3. The number of guanidine groups is 1. The van der Waals surface area contributed by atoms with Gasteiger partial charge in [-0.15, -0.1) is 0 Å². The Balaban J connectivity index is 1.35. The lowest BCUT2D eigenvalue weighted by atomic mass is 9.88. The normalized spacial score (nSPS) is 21.6. The molecule has 0 spiro atoms. The summed E-state index contributed by atoms with van der Waals surface area (Å²) < 4.78 is 11.3. The van der Waals surface area contributed by atoms with Gasteiger partial charge < -0.3 is 20.1 Å². The molecule has 0 radical (unpaired) electrons. The first kappa shape index (κ1) is 20.5. The van der Waals surface area contributed by atoms with Crippen LogP contribution in [0.2, 0.25) is 0 Å². The van der Waals surface area contributed by atoms with E-state index in [2.05, 4.69) is 40.7 Å². The zero-order chi connectivity index (χ0) is 19.9. The van der Waals surface area contributed by atoms with Gasteiger partial charge in [-0.3, -0.25) is 9.89 Å². The number of rotatable bonds is 7. The number of ether oxygens (including phenoxy) is 2. The molecular formula is C23H36N4O2. The molecule has 1 aromatic rings. The van der Waals surface area contributed by atoms with E-state index in [1.165, 1.54) is 37.1 Å². The van der Waals surface area contributed by atoms with Gasteiger partial charge in [0.15, 0.2) is 5.96 Å². The lowest BCUT2D eigenvalue weighted by Crippen LogP contribution is -2.54. The summed E-state index contributed by atoms with van der Waals surface area (Å²) in [7, 11) is 0. The highest BCUT2D eigenvalue weighted by Crippen LogP contribution is 2.31. The van der Waals surface area contributed by atoms with Gasteiger partial charge >= 0.3 is 0 Å². The van der Waals surface area contributed by atoms with Gasteiger partial charge in [0.05, 0.1) is 13.2 Å². The van der Waals surface area contributed by atoms with Crippen molar-refractivity contribution in [3.8, 4) is 5.75 Å². The quantitative estimate of drug-likeness (QED) is 0.544. The Bertz CT molecular complexity index is 694. The van der Waals surface area contributed by atoms with Gasteiger partial charge in [-0.1, -0.05) is 12.1 Å². The van der Waals surface area contributed by atoms with Crippen LogP contribution in [0.1, 0.15) is 43.7 Å². The molecule has 6 heteroatoms. The monoisotopic (exact) mass is 400 g/mol. The van der Waals surface area contributed by atoms with Gasteiger partial charge in [0.2, 0.25) is 0 Å². The van der Waals surface area contributed by atoms with Gasteiger partial charge in [0.1, 0.15) is 5.75 Å². The van der Waals surface area contributed by atoms with Crippen LogP contribution in [-0.2, 0) is 17.6 Å². The molecule has 0 saturated carbocycles. The number of hydrogen-bond acceptors (Lipinski definition) is 4. The highest BCUT2D eigenvalue weighted by molar-refractivity contribution is 5.79. The zero-order valence-corrected chi connectivity index (χ0v) is 17.8. The fraction of sp³-hybridized carbons (Fsp3) is 0.696. The first-order valence-corrected chi connectivity index (χ1v) is 11.4. The fourth-order valence-electron chi connectivity index (χ4n) is 4.81. The molecule has 0 amide bonds. The van der Waals surface area contributed by atoms with Crippen molar-refractivity contribution >= 4 is 5.96 Å². The highest BCUT2D eigenvalue weighted by Gasteiger charge is 2.39. The maximum absolute atomic E-state index is 5.67. The molecule has 4 rings (SSSR count). The predicted molar refractivity (Wildman–Crippen MR) is 117 cm³/mol. The molecule has 1 aromatic carbocycles. The number of benzene rings is 1. The second kappa shape index (κ2) is 9.81. The summed E-state index contributed by atoms with van der Waals surface area (Å²) in [4.78, 5) is 7.70. The summed E-state index contributed by atoms with van der Waals surface area (Å²) in [6.07, 6.45) is 6.83. The molecule has 0 aromatic heterocycles. The van der Waals surface area contributed by atoms with Crippen molar-refractivity contribution in [2.45, 2.75) is 51.0 Å². The molecule has 160 valence electrons. The van der Waals surface area contributed by atoms with Crippen LogP contribution in [0.4, 0.5) is 0 Å². The van der Waals surface area contributed by atoms with Crippen molar-refractivity contribution in [2.75, 3.05) is 52.5 Å². The second-order valence-corrected chi connectivity index (χ2v) is 8.44. The predicted octanol–water partition coefficient (Wildman–Crippen LogP) is 2.36. The van der Waals surface area contributed by atoms with Crippen LogP contribution < -0.4 is 15.4 Å². The third-order valence-corrected chi connectivity index (χ3v) is 6.54. The number of nitrogens with zero attached hydrogens (tertiary/aromatic N) is 2. The van der Waals surface area contributed by atoms with Gasteiger partial charge in [0, 0.05) is 38.3 Å². The van der Waals surface area contributed by atoms with E-state index in [1.807, 2.05) is 0 Å². The molecule has 3 heterocycles. The van der Waals surface area contributed by atoms with E-state index in [9.17, 15) is 0 Å². The summed E-state index contributed by atoms with van der Waals surface area (Å²) >= 11 is 0. The van der Waals surface area contributed by atoms with E-state index in [0.29, 0.717) is 0 Å². The summed E-state index contributed by atoms with van der Waals surface area (Å²) in [5, 5.41) is 6.97. The summed E-state index contributed by atoms with van der Waals surface area (Å²) in [5.41, 5.74) is 2.88. The summed E-state index contributed by atoms with van der Waals surface area (Å²) in [5.74, 6) is 1.99. The SMILES string of the molecule is CCNC(=NCC1(N2CCCC2)CCOCC1)NCCc1ccc2c(c1)CCO2. The van der Waals surface area contributed by atoms with Crippen molar-refractivity contribution in [1.29, 1.82) is 0 Å². The van der Waals surface area contributed by atoms with Crippen LogP contribution in [0.15, 0.2) is 23.2 Å². The molecule has 2 saturated heterocycles. The Kier molecular flexibility index (Phi) is 6.93. The Morgan fingerprint density at radius 2 is 1.97 bits per heavy atom. The third kappa shape index (κ3) is 5.04. The van der Waals surface area contributed by atoms with E-state index in [1.54, 1.807) is 0 Å². The molecule has 2 fully saturated rings. The minimum atomic E-state index is 0.178. The molecule has 3 aliphatic rings. The Labute approximate surface area is 175 Å². The Hall–Kier alpha value is -1.79. The third-order valence-electron chi connectivity index (χ3n) is 6.54. The second-order valence-electron chi connectivity index (χ2n) is 8.44. The lowest BCUT2D eigenvalue weighted by Gasteiger charge is -2.43. The highest BCUT2D eigenvalue weighted by atomic mass is 16.5. The van der Waals surface area contributed by atoms with Crippen molar-refractivity contribution in [2.24, 2.45) is 4.99 Å². The van der Waals surface area contributed by atoms with Crippen molar-refractivity contribution in [3.05, 3.63) is 29.3 Å². The van der Waals surface area contributed by atoms with Crippen LogP contribution in [0.5, 0.6) is 5.75 Å². The average molecular weight is 401 g/mol. The summed E-state index contributed by atoms with van der Waals surface area (Å²) in [6.45, 7) is 9.69. The van der Waals surface area contributed by atoms with Crippen molar-refractivity contribution in [1.82, 2.24) is 15.5 Å². The number of hydrogen-bond donors (Lipinski definition) is 2. The minimum Gasteiger partial charge on any atom is -0.493 e. The van der Waals surface area contributed by atoms with Crippen LogP contribution in [-0.4, -0.2) is 68.9 Å². The number of aliphatic imine (C=N–C) groups is 1. The smallest absolute Gasteiger partial charge is 0.191 e. The van der Waals surface area contributed by atoms with Crippen molar-refractivity contribution in [3.63, 3.8) is 0 Å². The van der Waals surface area contributed by atoms with Gasteiger partial charge in [-0.25, -0.2) is 0 Å². The van der Waals surface area contributed by atoms with E-state index in [0.717, 1.165) is 76.8 Å². The molecule has 0 bridgehead atoms.